The third-order valence-corrected chi connectivity index (χ3v) is 6.96. The van der Waals surface area contributed by atoms with Gasteiger partial charge in [0.05, 0.1) is 27.8 Å². The predicted molar refractivity (Wildman–Crippen MR) is 126 cm³/mol. The second-order valence-corrected chi connectivity index (χ2v) is 9.35. The van der Waals surface area contributed by atoms with Crippen LogP contribution in [0, 0.1) is 10.1 Å². The maximum Gasteiger partial charge on any atom is 0.270 e. The molecule has 0 fully saturated rings. The Morgan fingerprint density at radius 3 is 2.68 bits per heavy atom. The molecule has 0 atom stereocenters. The van der Waals surface area contributed by atoms with E-state index >= 15 is 0 Å². The van der Waals surface area contributed by atoms with Gasteiger partial charge in [0.25, 0.3) is 11.6 Å². The van der Waals surface area contributed by atoms with Crippen LogP contribution in [-0.2, 0) is 0 Å². The number of amides is 1. The second kappa shape index (κ2) is 7.66. The topological polar surface area (TPSA) is 72.7 Å². The minimum Gasteiger partial charge on any atom is -0.494 e. The number of carbonyl (C=O) groups excluding carboxylic acids is 1. The van der Waals surface area contributed by atoms with Gasteiger partial charge < -0.3 is 4.74 Å². The molecule has 0 radical (unpaired) electrons. The second-order valence-electron chi connectivity index (χ2n) is 7.92. The summed E-state index contributed by atoms with van der Waals surface area (Å²) in [5.41, 5.74) is 2.13. The molecule has 1 aliphatic rings. The summed E-state index contributed by atoms with van der Waals surface area (Å²) in [6.07, 6.45) is 2.05. The smallest absolute Gasteiger partial charge is 0.270 e. The molecule has 0 bridgehead atoms. The van der Waals surface area contributed by atoms with Crippen molar-refractivity contribution in [3.63, 3.8) is 0 Å². The van der Waals surface area contributed by atoms with Crippen molar-refractivity contribution in [3.8, 4) is 5.75 Å². The van der Waals surface area contributed by atoms with E-state index in [-0.39, 0.29) is 11.6 Å². The van der Waals surface area contributed by atoms with Crippen LogP contribution in [0.25, 0.3) is 15.7 Å². The Morgan fingerprint density at radius 1 is 1.26 bits per heavy atom. The number of nitro groups is 1. The van der Waals surface area contributed by atoms with Crippen molar-refractivity contribution < 1.29 is 14.5 Å². The van der Waals surface area contributed by atoms with Gasteiger partial charge in [-0.05, 0) is 57.5 Å². The molecule has 1 amide bonds. The Hall–Kier alpha value is -2.90. The van der Waals surface area contributed by atoms with Crippen LogP contribution in [0.1, 0.15) is 42.9 Å². The first kappa shape index (κ1) is 21.3. The van der Waals surface area contributed by atoms with E-state index in [4.69, 9.17) is 16.3 Å². The van der Waals surface area contributed by atoms with Gasteiger partial charge in [-0.2, -0.15) is 0 Å². The molecule has 0 saturated carbocycles. The fourth-order valence-electron chi connectivity index (χ4n) is 4.04. The van der Waals surface area contributed by atoms with Crippen molar-refractivity contribution in [2.75, 3.05) is 11.5 Å². The van der Waals surface area contributed by atoms with E-state index in [1.807, 2.05) is 45.9 Å². The third kappa shape index (κ3) is 3.58. The summed E-state index contributed by atoms with van der Waals surface area (Å²) in [7, 11) is 0. The summed E-state index contributed by atoms with van der Waals surface area (Å²) in [6.45, 7) is 8.44. The van der Waals surface area contributed by atoms with E-state index in [0.29, 0.717) is 26.6 Å². The maximum atomic E-state index is 13.8. The SMILES string of the molecule is CCOc1ccc2c(c1)C(C)=CC(C)(C)N2C(=O)c1sc2cc([N+](=O)[O-])ccc2c1Cl. The van der Waals surface area contributed by atoms with E-state index < -0.39 is 10.5 Å². The van der Waals surface area contributed by atoms with Crippen molar-refractivity contribution in [1.82, 2.24) is 0 Å². The van der Waals surface area contributed by atoms with Crippen LogP contribution in [0.2, 0.25) is 5.02 Å². The van der Waals surface area contributed by atoms with Gasteiger partial charge in [0, 0.05) is 27.8 Å². The molecule has 31 heavy (non-hydrogen) atoms. The molecule has 0 unspecified atom stereocenters. The third-order valence-electron chi connectivity index (χ3n) is 5.31. The highest BCUT2D eigenvalue weighted by atomic mass is 35.5. The van der Waals surface area contributed by atoms with Crippen LogP contribution in [0.4, 0.5) is 11.4 Å². The molecule has 0 saturated heterocycles. The Labute approximate surface area is 188 Å². The molecule has 0 aliphatic carbocycles. The molecule has 1 aliphatic heterocycles. The van der Waals surface area contributed by atoms with E-state index in [2.05, 4.69) is 6.08 Å². The average molecular weight is 457 g/mol. The number of rotatable bonds is 4. The number of nitro benzene ring substituents is 1. The van der Waals surface area contributed by atoms with Crippen LogP contribution in [0.3, 0.4) is 0 Å². The van der Waals surface area contributed by atoms with Crippen molar-refractivity contribution in [2.24, 2.45) is 0 Å². The molecule has 1 aromatic heterocycles. The van der Waals surface area contributed by atoms with E-state index in [9.17, 15) is 14.9 Å². The largest absolute Gasteiger partial charge is 0.494 e. The average Bonchev–Trinajstić information content (AvgIpc) is 3.04. The van der Waals surface area contributed by atoms with Gasteiger partial charge in [0.2, 0.25) is 0 Å². The van der Waals surface area contributed by atoms with Crippen molar-refractivity contribution in [1.29, 1.82) is 0 Å². The summed E-state index contributed by atoms with van der Waals surface area (Å²) in [5, 5.41) is 12.1. The van der Waals surface area contributed by atoms with E-state index in [1.165, 1.54) is 23.5 Å². The van der Waals surface area contributed by atoms with E-state index in [1.54, 1.807) is 11.0 Å². The maximum absolute atomic E-state index is 13.8. The number of ether oxygens (including phenoxy) is 1. The number of hydrogen-bond donors (Lipinski definition) is 0. The number of nitrogens with zero attached hydrogens (tertiary/aromatic N) is 2. The Balaban J connectivity index is 1.84. The van der Waals surface area contributed by atoms with E-state index in [0.717, 1.165) is 22.6 Å². The number of thiophene rings is 1. The van der Waals surface area contributed by atoms with Crippen LogP contribution in [-0.4, -0.2) is 23.0 Å². The number of hydrogen-bond acceptors (Lipinski definition) is 5. The van der Waals surface area contributed by atoms with Gasteiger partial charge in [-0.3, -0.25) is 19.8 Å². The van der Waals surface area contributed by atoms with Crippen LogP contribution in [0.15, 0.2) is 42.5 Å². The number of fused-ring (bicyclic) bond motifs is 2. The van der Waals surface area contributed by atoms with Crippen LogP contribution < -0.4 is 9.64 Å². The fraction of sp³-hybridized carbons (Fsp3) is 0.261. The zero-order valence-electron chi connectivity index (χ0n) is 17.6. The van der Waals surface area contributed by atoms with Crippen LogP contribution in [0.5, 0.6) is 5.75 Å². The summed E-state index contributed by atoms with van der Waals surface area (Å²) in [4.78, 5) is 26.5. The summed E-state index contributed by atoms with van der Waals surface area (Å²) in [6, 6.07) is 10.1. The standard InChI is InChI=1S/C23H21ClN2O4S/c1-5-30-15-7-9-18-17(11-15)13(2)12-23(3,4)25(18)22(27)21-20(24)16-8-6-14(26(28)29)10-19(16)31-21/h6-12H,5H2,1-4H3. The highest BCUT2D eigenvalue weighted by molar-refractivity contribution is 7.21. The molecule has 8 heteroatoms. The molecule has 2 heterocycles. The molecule has 0 N–H and O–H groups in total. The zero-order chi connectivity index (χ0) is 22.5. The highest BCUT2D eigenvalue weighted by Crippen LogP contribution is 2.44. The number of benzene rings is 2. The Bertz CT molecular complexity index is 1260. The van der Waals surface area contributed by atoms with Gasteiger partial charge in [-0.15, -0.1) is 11.3 Å². The highest BCUT2D eigenvalue weighted by Gasteiger charge is 2.38. The molecular weight excluding hydrogens is 436 g/mol. The number of non-ortho nitro benzene ring substituents is 1. The Kier molecular flexibility index (Phi) is 5.27. The quantitative estimate of drug-likeness (QED) is 0.323. The molecule has 0 spiro atoms. The first-order valence-electron chi connectivity index (χ1n) is 9.81. The minimum atomic E-state index is -0.590. The van der Waals surface area contributed by atoms with Gasteiger partial charge in [-0.1, -0.05) is 17.7 Å². The number of anilines is 1. The monoisotopic (exact) mass is 456 g/mol. The number of allylic oxidation sites excluding steroid dienone is 1. The fourth-order valence-corrected chi connectivity index (χ4v) is 5.52. The lowest BCUT2D eigenvalue weighted by Gasteiger charge is -2.41. The molecule has 4 rings (SSSR count). The Morgan fingerprint density at radius 2 is 2.00 bits per heavy atom. The minimum absolute atomic E-state index is 0.0323. The first-order chi connectivity index (χ1) is 14.6. The van der Waals surface area contributed by atoms with Gasteiger partial charge in [0.1, 0.15) is 10.6 Å². The van der Waals surface area contributed by atoms with Crippen molar-refractivity contribution in [3.05, 3.63) is 68.1 Å². The van der Waals surface area contributed by atoms with Gasteiger partial charge in [0.15, 0.2) is 0 Å². The normalized spacial score (nSPS) is 14.9. The van der Waals surface area contributed by atoms with Crippen molar-refractivity contribution >= 4 is 55.9 Å². The predicted octanol–water partition coefficient (Wildman–Crippen LogP) is 6.70. The van der Waals surface area contributed by atoms with Crippen molar-refractivity contribution in [2.45, 2.75) is 33.2 Å². The lowest BCUT2D eigenvalue weighted by Crippen LogP contribution is -2.48. The van der Waals surface area contributed by atoms with Gasteiger partial charge >= 0.3 is 0 Å². The molecule has 3 aromatic rings. The summed E-state index contributed by atoms with van der Waals surface area (Å²) >= 11 is 7.75. The van der Waals surface area contributed by atoms with Crippen LogP contribution >= 0.6 is 22.9 Å². The molecule has 6 nitrogen and oxygen atoms in total. The number of carbonyl (C=O) groups is 1. The lowest BCUT2D eigenvalue weighted by atomic mass is 9.88. The molecule has 2 aromatic carbocycles. The zero-order valence-corrected chi connectivity index (χ0v) is 19.1. The first-order valence-corrected chi connectivity index (χ1v) is 11.0. The molecular formula is C23H21ClN2O4S. The molecule has 160 valence electrons. The lowest BCUT2D eigenvalue weighted by molar-refractivity contribution is -0.384. The summed E-state index contributed by atoms with van der Waals surface area (Å²) < 4.78 is 6.24. The summed E-state index contributed by atoms with van der Waals surface area (Å²) in [5.74, 6) is 0.501. The van der Waals surface area contributed by atoms with Gasteiger partial charge in [-0.25, -0.2) is 0 Å². The number of halogens is 1.